The van der Waals surface area contributed by atoms with E-state index in [4.69, 9.17) is 45.9 Å². The number of carboxylic acid groups (broad SMARTS) is 2. The van der Waals surface area contributed by atoms with Crippen molar-refractivity contribution in [3.05, 3.63) is 35.9 Å². The van der Waals surface area contributed by atoms with Gasteiger partial charge in [-0.25, -0.2) is 4.79 Å². The Morgan fingerprint density at radius 1 is 0.446 bits per heavy atom. The first kappa shape index (κ1) is 72.2. The Morgan fingerprint density at radius 2 is 0.819 bits per heavy atom. The molecule has 0 unspecified atom stereocenters. The van der Waals surface area contributed by atoms with Gasteiger partial charge in [0.25, 0.3) is 0 Å². The molecule has 0 bridgehead atoms. The maximum atomic E-state index is 14.1. The maximum Gasteiger partial charge on any atom is 0.326 e. The van der Waals surface area contributed by atoms with Gasteiger partial charge in [-0.2, -0.15) is 0 Å². The van der Waals surface area contributed by atoms with Crippen molar-refractivity contribution in [3.63, 3.8) is 0 Å². The van der Waals surface area contributed by atoms with Crippen LogP contribution in [0.4, 0.5) is 0 Å². The number of nitrogens with one attached hydrogen (secondary N) is 8. The minimum absolute atomic E-state index is 0.0236. The number of rotatable bonds is 40. The number of nitrogens with two attached hydrogens (primary N) is 8. The normalized spacial score (nSPS) is 14.2. The number of aliphatic carboxylic acids is 2. The van der Waals surface area contributed by atoms with Gasteiger partial charge in [-0.3, -0.25) is 62.9 Å². The number of guanidine groups is 3. The van der Waals surface area contributed by atoms with Crippen molar-refractivity contribution >= 4 is 83.0 Å². The summed E-state index contributed by atoms with van der Waals surface area (Å²) in [5, 5.41) is 39.2. The van der Waals surface area contributed by atoms with E-state index < -0.39 is 139 Å². The molecule has 0 saturated heterocycles. The minimum atomic E-state index is -1.86. The number of nitrogens with zero attached hydrogens (tertiary/aromatic N) is 3. The van der Waals surface area contributed by atoms with Gasteiger partial charge >= 0.3 is 11.9 Å². The van der Waals surface area contributed by atoms with Crippen LogP contribution in [0.3, 0.4) is 0 Å². The van der Waals surface area contributed by atoms with E-state index in [1.54, 1.807) is 58.0 Å². The minimum Gasteiger partial charge on any atom is -0.481 e. The number of carbonyl (C=O) groups is 11. The Balaban J connectivity index is 3.53. The molecule has 0 aliphatic heterocycles. The van der Waals surface area contributed by atoms with E-state index in [0.717, 1.165) is 0 Å². The lowest BCUT2D eigenvalue weighted by Crippen LogP contribution is -2.60. The third kappa shape index (κ3) is 31.1. The molecule has 26 N–H and O–H groups in total. The molecule has 0 aromatic heterocycles. The smallest absolute Gasteiger partial charge is 0.326 e. The first-order chi connectivity index (χ1) is 38.9. The fraction of sp³-hybridized carbons (Fsp3) is 0.608. The highest BCUT2D eigenvalue weighted by Gasteiger charge is 2.35. The van der Waals surface area contributed by atoms with Crippen molar-refractivity contribution in [1.82, 2.24) is 42.5 Å². The first-order valence-corrected chi connectivity index (χ1v) is 27.0. The summed E-state index contributed by atoms with van der Waals surface area (Å²) in [5.74, 6) is -12.4. The summed E-state index contributed by atoms with van der Waals surface area (Å²) in [6, 6.07) is -4.70. The van der Waals surface area contributed by atoms with Crippen LogP contribution in [0.15, 0.2) is 45.3 Å². The SMILES string of the molecule is CC(C)C[C@H](NC(=O)[C@H](CCCN=C(N)N)NC(=O)[C@H](Cc1ccccc1)NC(=O)[C@H](C)NC(=O)[C@H](CC(N)=O)NC(=O)[C@H](CCC(=O)O)NC(=O)[C@H](CCCN=C(N)N)NC(=O)[C@H](CC(C)C)NC(=O)[C@@H](N)CCCN=C(N)N)C(=O)O. The maximum absolute atomic E-state index is 14.1. The molecule has 0 heterocycles. The second-order valence-electron chi connectivity index (χ2n) is 20.5. The lowest BCUT2D eigenvalue weighted by atomic mass is 10.0. The molecule has 0 aliphatic rings. The lowest BCUT2D eigenvalue weighted by molar-refractivity contribution is -0.143. The Kier molecular flexibility index (Phi) is 33.0. The van der Waals surface area contributed by atoms with Gasteiger partial charge in [0.2, 0.25) is 53.2 Å². The molecule has 1 rings (SSSR count). The summed E-state index contributed by atoms with van der Waals surface area (Å²) in [5.41, 5.74) is 44.7. The van der Waals surface area contributed by atoms with Gasteiger partial charge in [0.1, 0.15) is 48.3 Å². The number of carboxylic acids is 2. The lowest BCUT2D eigenvalue weighted by Gasteiger charge is -2.27. The van der Waals surface area contributed by atoms with E-state index in [-0.39, 0.29) is 101 Å². The third-order valence-electron chi connectivity index (χ3n) is 12.1. The number of amides is 9. The zero-order chi connectivity index (χ0) is 62.9. The van der Waals surface area contributed by atoms with E-state index in [1.165, 1.54) is 6.92 Å². The predicted molar refractivity (Wildman–Crippen MR) is 306 cm³/mol. The number of hydrogen-bond acceptors (Lipinski definition) is 15. The molecule has 83 heavy (non-hydrogen) atoms. The number of primary amides is 1. The highest BCUT2D eigenvalue weighted by molar-refractivity contribution is 5.99. The predicted octanol–water partition coefficient (Wildman–Crippen LogP) is -5.47. The zero-order valence-corrected chi connectivity index (χ0v) is 47.7. The van der Waals surface area contributed by atoms with Crippen molar-refractivity contribution in [2.45, 2.75) is 166 Å². The number of hydrogen-bond donors (Lipinski definition) is 18. The molecular weight excluding hydrogens is 1090 g/mol. The Labute approximate surface area is 481 Å². The van der Waals surface area contributed by atoms with Gasteiger partial charge in [0.05, 0.1) is 12.5 Å². The first-order valence-electron chi connectivity index (χ1n) is 27.0. The molecule has 1 aromatic carbocycles. The van der Waals surface area contributed by atoms with Gasteiger partial charge in [-0.15, -0.1) is 0 Å². The summed E-state index contributed by atoms with van der Waals surface area (Å²) < 4.78 is 0. The van der Waals surface area contributed by atoms with Crippen LogP contribution in [0, 0.1) is 11.8 Å². The van der Waals surface area contributed by atoms with Crippen molar-refractivity contribution < 1.29 is 63.0 Å². The monoisotopic (exact) mass is 1170 g/mol. The molecular formula is C51H87N19O13. The molecule has 1 aromatic rings. The van der Waals surface area contributed by atoms with E-state index >= 15 is 0 Å². The highest BCUT2D eigenvalue weighted by Crippen LogP contribution is 2.12. The molecule has 0 saturated carbocycles. The molecule has 9 amide bonds. The molecule has 0 spiro atoms. The Hall–Kier alpha value is -8.84. The van der Waals surface area contributed by atoms with Crippen LogP contribution in [0.1, 0.15) is 111 Å². The molecule has 0 radical (unpaired) electrons. The summed E-state index contributed by atoms with van der Waals surface area (Å²) >= 11 is 0. The summed E-state index contributed by atoms with van der Waals surface area (Å²) in [6.07, 6.45) is -1.76. The highest BCUT2D eigenvalue weighted by atomic mass is 16.4. The van der Waals surface area contributed by atoms with Crippen LogP contribution in [-0.4, -0.2) is 167 Å². The summed E-state index contributed by atoms with van der Waals surface area (Å²) in [7, 11) is 0. The number of benzene rings is 1. The van der Waals surface area contributed by atoms with Crippen LogP contribution in [0.5, 0.6) is 0 Å². The van der Waals surface area contributed by atoms with Gasteiger partial charge in [0.15, 0.2) is 17.9 Å². The van der Waals surface area contributed by atoms with Crippen LogP contribution in [0.2, 0.25) is 0 Å². The van der Waals surface area contributed by atoms with Gasteiger partial charge in [-0.1, -0.05) is 58.0 Å². The van der Waals surface area contributed by atoms with Crippen molar-refractivity contribution in [1.29, 1.82) is 0 Å². The third-order valence-corrected chi connectivity index (χ3v) is 12.1. The van der Waals surface area contributed by atoms with E-state index in [1.807, 2.05) is 0 Å². The van der Waals surface area contributed by atoms with Crippen molar-refractivity contribution in [3.8, 4) is 0 Å². The molecule has 0 aliphatic carbocycles. The Morgan fingerprint density at radius 3 is 1.25 bits per heavy atom. The standard InChI is InChI=1S/C51H87N19O13/c1-26(2)22-34(68-41(75)30(52)14-9-19-60-49(54)55)46(80)64-31(15-10-20-61-50(56)57)42(76)66-33(17-18-39(72)73)44(78)69-36(25-38(53)71)45(79)63-28(5)40(74)67-35(24-29-12-7-6-8-13-29)47(81)65-32(16-11-21-62-51(58)59)43(77)70-37(48(82)83)23-27(3)4/h6-8,12-13,26-28,30-37H,9-11,14-25,52H2,1-5H3,(H2,53,71)(H,63,79)(H,64,80)(H,65,81)(H,66,76)(H,67,74)(H,68,75)(H,69,78)(H,70,77)(H,72,73)(H,82,83)(H4,54,55,60)(H4,56,57,61)(H4,58,59,62)/t28-,30-,31-,32-,33-,34-,35-,36-,37-/m0/s1. The summed E-state index contributed by atoms with van der Waals surface area (Å²) in [6.45, 7) is 8.48. The van der Waals surface area contributed by atoms with Gasteiger partial charge in [-0.05, 0) is 82.1 Å². The average Bonchev–Trinajstić information content (AvgIpc) is 3.38. The zero-order valence-electron chi connectivity index (χ0n) is 47.7. The number of aliphatic imine (C=N–C) groups is 3. The Bertz CT molecular complexity index is 2430. The molecule has 32 heteroatoms. The van der Waals surface area contributed by atoms with Crippen LogP contribution in [-0.2, 0) is 59.2 Å². The molecule has 9 atom stereocenters. The quantitative estimate of drug-likeness (QED) is 0.0166. The van der Waals surface area contributed by atoms with Gasteiger partial charge < -0.3 is 98.6 Å². The number of carbonyl (C=O) groups excluding carboxylic acids is 9. The fourth-order valence-electron chi connectivity index (χ4n) is 7.91. The van der Waals surface area contributed by atoms with Gasteiger partial charge in [0, 0.05) is 32.5 Å². The topological polar surface area (TPSA) is 570 Å². The largest absolute Gasteiger partial charge is 0.481 e. The van der Waals surface area contributed by atoms with Crippen molar-refractivity contribution in [2.24, 2.45) is 72.7 Å². The second kappa shape index (κ2) is 38.0. The molecule has 32 nitrogen and oxygen atoms in total. The van der Waals surface area contributed by atoms with Crippen LogP contribution >= 0.6 is 0 Å². The molecule has 464 valence electrons. The average molecular weight is 1170 g/mol. The van der Waals surface area contributed by atoms with E-state index in [2.05, 4.69) is 57.5 Å². The van der Waals surface area contributed by atoms with E-state index in [0.29, 0.717) is 12.0 Å². The van der Waals surface area contributed by atoms with Crippen LogP contribution in [0.25, 0.3) is 0 Å². The van der Waals surface area contributed by atoms with Crippen molar-refractivity contribution in [2.75, 3.05) is 19.6 Å². The summed E-state index contributed by atoms with van der Waals surface area (Å²) in [4.78, 5) is 159. The fourth-order valence-corrected chi connectivity index (χ4v) is 7.91. The van der Waals surface area contributed by atoms with Crippen LogP contribution < -0.4 is 88.4 Å². The van der Waals surface area contributed by atoms with E-state index in [9.17, 15) is 63.0 Å². The molecule has 0 fully saturated rings. The second-order valence-corrected chi connectivity index (χ2v) is 20.5.